The van der Waals surface area contributed by atoms with Crippen LogP contribution in [0.25, 0.3) is 0 Å². The van der Waals surface area contributed by atoms with Gasteiger partial charge >= 0.3 is 7.82 Å². The number of allylic oxidation sites excluding steroid dienone is 1. The predicted molar refractivity (Wildman–Crippen MR) is 116 cm³/mol. The minimum Gasteiger partial charge on any atom is -0.387 e. The summed E-state index contributed by atoms with van der Waals surface area (Å²) in [5, 5.41) is 21.2. The van der Waals surface area contributed by atoms with Crippen molar-refractivity contribution in [3.63, 3.8) is 0 Å². The Labute approximate surface area is 190 Å². The summed E-state index contributed by atoms with van der Waals surface area (Å²) in [4.78, 5) is 42.9. The molecule has 0 aliphatic carbocycles. The van der Waals surface area contributed by atoms with Crippen LogP contribution in [0.4, 0.5) is 0 Å². The number of phosphoric acid groups is 1. The Kier molecular flexibility index (Phi) is 6.67. The maximum Gasteiger partial charge on any atom is 0.469 e. The third-order valence-corrected chi connectivity index (χ3v) is 7.15. The molecular weight excluding hydrogens is 457 g/mol. The van der Waals surface area contributed by atoms with Gasteiger partial charge in [0.2, 0.25) is 0 Å². The summed E-state index contributed by atoms with van der Waals surface area (Å²) in [6.07, 6.45) is -0.108. The van der Waals surface area contributed by atoms with E-state index in [1.807, 2.05) is 6.92 Å². The SMILES string of the molecule is CC12CCCN3CC(C/C=C(C(N)=O)/N=C\N1C1OC(COP(=O)(O)O)C(O)C1O)/C3=N\C2. The maximum absolute atomic E-state index is 12.0. The molecule has 0 aromatic heterocycles. The first-order chi connectivity index (χ1) is 15.5. The number of nitrogens with two attached hydrogens (primary N) is 1. The quantitative estimate of drug-likeness (QED) is 0.286. The van der Waals surface area contributed by atoms with E-state index < -0.39 is 50.4 Å². The summed E-state index contributed by atoms with van der Waals surface area (Å²) in [6, 6.07) is 0. The second-order valence-electron chi connectivity index (χ2n) is 9.09. The number of hydrogen-bond acceptors (Lipinski definition) is 10. The average Bonchev–Trinajstić information content (AvgIpc) is 2.98. The molecule has 2 fully saturated rings. The Morgan fingerprint density at radius 2 is 2.15 bits per heavy atom. The van der Waals surface area contributed by atoms with Gasteiger partial charge in [-0.2, -0.15) is 0 Å². The second-order valence-corrected chi connectivity index (χ2v) is 10.3. The van der Waals surface area contributed by atoms with Crippen molar-refractivity contribution < 1.29 is 38.6 Å². The van der Waals surface area contributed by atoms with Gasteiger partial charge in [-0.15, -0.1) is 0 Å². The summed E-state index contributed by atoms with van der Waals surface area (Å²) < 4.78 is 21.4. The Morgan fingerprint density at radius 1 is 1.39 bits per heavy atom. The van der Waals surface area contributed by atoms with Crippen LogP contribution in [0.5, 0.6) is 0 Å². The second kappa shape index (κ2) is 9.06. The van der Waals surface area contributed by atoms with Crippen LogP contribution >= 0.6 is 7.82 Å². The number of primary amides is 1. The highest BCUT2D eigenvalue weighted by molar-refractivity contribution is 7.46. The molecule has 184 valence electrons. The number of fused-ring (bicyclic) bond motifs is 2. The number of carbonyl (C=O) groups excluding carboxylic acids is 1. The highest BCUT2D eigenvalue weighted by atomic mass is 31.2. The van der Waals surface area contributed by atoms with Crippen LogP contribution in [0.2, 0.25) is 0 Å². The van der Waals surface area contributed by atoms with Gasteiger partial charge in [-0.3, -0.25) is 14.3 Å². The Bertz CT molecular complexity index is 922. The average molecular weight is 487 g/mol. The van der Waals surface area contributed by atoms with Crippen molar-refractivity contribution in [1.82, 2.24) is 9.80 Å². The van der Waals surface area contributed by atoms with Crippen LogP contribution < -0.4 is 5.73 Å². The van der Waals surface area contributed by atoms with Crippen LogP contribution in [0.1, 0.15) is 26.2 Å². The lowest BCUT2D eigenvalue weighted by molar-refractivity contribution is -0.114. The number of phosphoric ester groups is 1. The molecule has 4 aliphatic rings. The van der Waals surface area contributed by atoms with Crippen LogP contribution in [0.3, 0.4) is 0 Å². The number of nitrogens with zero attached hydrogens (tertiary/aromatic N) is 4. The molecule has 13 nitrogen and oxygen atoms in total. The molecular formula is C19H30N5O8P. The minimum absolute atomic E-state index is 0.0655. The summed E-state index contributed by atoms with van der Waals surface area (Å²) in [5.41, 5.74) is 4.89. The third kappa shape index (κ3) is 4.99. The zero-order valence-electron chi connectivity index (χ0n) is 18.2. The normalized spacial score (nSPS) is 41.1. The molecule has 4 aliphatic heterocycles. The fraction of sp³-hybridized carbons (Fsp3) is 0.737. The van der Waals surface area contributed by atoms with E-state index in [1.165, 1.54) is 6.34 Å². The van der Waals surface area contributed by atoms with Crippen molar-refractivity contribution in [1.29, 1.82) is 0 Å². The number of aliphatic hydroxyl groups is 2. The Hall–Kier alpha value is -1.86. The standard InChI is InChI=1S/C19H30N5O8P/c1-19-5-2-6-23-7-11(17(23)21-9-19)3-4-12(16(20)27)22-10-24(19)18-15(26)14(25)13(32-18)8-31-33(28,29)30/h4,10-11,13-15,18,25-26H,2-3,5-9H2,1H3,(H2,20,27)(H2,28,29,30)/b12-4+,21-17+,22-10-. The smallest absolute Gasteiger partial charge is 0.387 e. The van der Waals surface area contributed by atoms with Gasteiger partial charge < -0.3 is 40.3 Å². The van der Waals surface area contributed by atoms with Gasteiger partial charge in [0.15, 0.2) is 6.23 Å². The predicted octanol–water partition coefficient (Wildman–Crippen LogP) is -1.47. The van der Waals surface area contributed by atoms with Gasteiger partial charge in [-0.25, -0.2) is 9.56 Å². The summed E-state index contributed by atoms with van der Waals surface area (Å²) >= 11 is 0. The fourth-order valence-corrected chi connectivity index (χ4v) is 5.11. The Morgan fingerprint density at radius 3 is 2.85 bits per heavy atom. The number of ether oxygens (including phenoxy) is 1. The number of amidine groups is 1. The molecule has 2 saturated heterocycles. The third-order valence-electron chi connectivity index (χ3n) is 6.67. The van der Waals surface area contributed by atoms with Gasteiger partial charge in [0.1, 0.15) is 29.8 Å². The van der Waals surface area contributed by atoms with Gasteiger partial charge in [0.25, 0.3) is 5.91 Å². The van der Waals surface area contributed by atoms with E-state index in [0.29, 0.717) is 19.4 Å². The Balaban J connectivity index is 1.67. The number of rotatable bonds is 5. The number of hydrogen-bond donors (Lipinski definition) is 5. The van der Waals surface area contributed by atoms with E-state index in [0.717, 1.165) is 25.3 Å². The highest BCUT2D eigenvalue weighted by Gasteiger charge is 2.50. The van der Waals surface area contributed by atoms with Gasteiger partial charge in [-0.05, 0) is 26.2 Å². The van der Waals surface area contributed by atoms with Crippen molar-refractivity contribution in [3.8, 4) is 0 Å². The molecule has 33 heavy (non-hydrogen) atoms. The van der Waals surface area contributed by atoms with Gasteiger partial charge in [0, 0.05) is 19.0 Å². The maximum atomic E-state index is 12.0. The fourth-order valence-electron chi connectivity index (χ4n) is 4.77. The van der Waals surface area contributed by atoms with Crippen LogP contribution in [-0.4, -0.2) is 104 Å². The number of carbonyl (C=O) groups is 1. The first kappa shape index (κ1) is 24.3. The molecule has 4 rings (SSSR count). The minimum atomic E-state index is -4.79. The number of aliphatic imine (C=N–C) groups is 2. The molecule has 14 heteroatoms. The molecule has 2 bridgehead atoms. The van der Waals surface area contributed by atoms with Crippen molar-refractivity contribution in [2.24, 2.45) is 21.6 Å². The molecule has 0 aromatic rings. The summed E-state index contributed by atoms with van der Waals surface area (Å²) in [5.74, 6) is 0.439. The van der Waals surface area contributed by atoms with Gasteiger partial charge in [-0.1, -0.05) is 6.08 Å². The number of aliphatic hydroxyl groups excluding tert-OH is 2. The molecule has 6 unspecified atom stereocenters. The lowest BCUT2D eigenvalue weighted by atomic mass is 9.88. The molecule has 1 amide bonds. The molecule has 0 aromatic carbocycles. The molecule has 4 heterocycles. The van der Waals surface area contributed by atoms with Crippen molar-refractivity contribution in [3.05, 3.63) is 11.8 Å². The highest BCUT2D eigenvalue weighted by Crippen LogP contribution is 2.39. The first-order valence-electron chi connectivity index (χ1n) is 10.8. The van der Waals surface area contributed by atoms with E-state index in [9.17, 15) is 19.6 Å². The molecule has 6 atom stereocenters. The largest absolute Gasteiger partial charge is 0.469 e. The molecule has 6 N–H and O–H groups in total. The summed E-state index contributed by atoms with van der Waals surface area (Å²) in [6.45, 7) is 3.34. The van der Waals surface area contributed by atoms with E-state index >= 15 is 0 Å². The lowest BCUT2D eigenvalue weighted by Crippen LogP contribution is -2.59. The van der Waals surface area contributed by atoms with E-state index in [4.69, 9.17) is 25.2 Å². The van der Waals surface area contributed by atoms with Crippen LogP contribution in [0.15, 0.2) is 21.8 Å². The topological polar surface area (TPSA) is 191 Å². The van der Waals surface area contributed by atoms with Crippen molar-refractivity contribution >= 4 is 25.9 Å². The van der Waals surface area contributed by atoms with Gasteiger partial charge in [0.05, 0.1) is 25.0 Å². The monoisotopic (exact) mass is 487 g/mol. The van der Waals surface area contributed by atoms with E-state index in [-0.39, 0.29) is 11.6 Å². The zero-order chi connectivity index (χ0) is 24.0. The molecule has 0 saturated carbocycles. The molecule has 0 radical (unpaired) electrons. The number of amides is 1. The van der Waals surface area contributed by atoms with Crippen LogP contribution in [-0.2, 0) is 18.6 Å². The molecule has 0 spiro atoms. The lowest BCUT2D eigenvalue weighted by Gasteiger charge is -2.48. The van der Waals surface area contributed by atoms with Crippen molar-refractivity contribution in [2.45, 2.75) is 56.3 Å². The van der Waals surface area contributed by atoms with E-state index in [2.05, 4.69) is 14.4 Å². The van der Waals surface area contributed by atoms with E-state index in [1.54, 1.807) is 11.0 Å². The first-order valence-corrected chi connectivity index (χ1v) is 12.3. The summed E-state index contributed by atoms with van der Waals surface area (Å²) in [7, 11) is -4.79. The zero-order valence-corrected chi connectivity index (χ0v) is 19.1. The van der Waals surface area contributed by atoms with Crippen molar-refractivity contribution in [2.75, 3.05) is 26.2 Å². The van der Waals surface area contributed by atoms with Crippen LogP contribution in [0, 0.1) is 5.92 Å².